The molecule has 5 heteroatoms. The van der Waals surface area contributed by atoms with Gasteiger partial charge in [0, 0.05) is 23.0 Å². The van der Waals surface area contributed by atoms with Crippen LogP contribution < -0.4 is 10.5 Å². The number of carbonyl (C=O) groups is 1. The Bertz CT molecular complexity index is 589. The number of methoxy groups -OCH3 is 1. The minimum absolute atomic E-state index is 0.300. The number of rotatable bonds is 4. The fraction of sp³-hybridized carbons (Fsp3) is 0.308. The zero-order valence-corrected chi connectivity index (χ0v) is 10.4. The fourth-order valence-electron chi connectivity index (χ4n) is 2.06. The van der Waals surface area contributed by atoms with Crippen molar-refractivity contribution in [3.05, 3.63) is 29.5 Å². The molecule has 18 heavy (non-hydrogen) atoms. The summed E-state index contributed by atoms with van der Waals surface area (Å²) in [6.07, 6.45) is 0.300. The molecular weight excluding hydrogens is 232 g/mol. The second kappa shape index (κ2) is 4.70. The summed E-state index contributed by atoms with van der Waals surface area (Å²) in [4.78, 5) is 14.1. The summed E-state index contributed by atoms with van der Waals surface area (Å²) >= 11 is 0. The highest BCUT2D eigenvalue weighted by molar-refractivity contribution is 5.87. The summed E-state index contributed by atoms with van der Waals surface area (Å²) in [5, 5.41) is 9.85. The second-order valence-corrected chi connectivity index (χ2v) is 4.29. The molecule has 0 saturated carbocycles. The number of hydrogen-bond acceptors (Lipinski definition) is 3. The third-order valence-electron chi connectivity index (χ3n) is 3.07. The summed E-state index contributed by atoms with van der Waals surface area (Å²) < 4.78 is 5.18. The first kappa shape index (κ1) is 12.4. The van der Waals surface area contributed by atoms with Crippen molar-refractivity contribution in [2.45, 2.75) is 19.4 Å². The molecule has 96 valence electrons. The molecule has 0 amide bonds. The Labute approximate surface area is 105 Å². The Balaban J connectivity index is 2.48. The smallest absolute Gasteiger partial charge is 0.320 e. The lowest BCUT2D eigenvalue weighted by atomic mass is 10.0. The molecule has 0 fully saturated rings. The van der Waals surface area contributed by atoms with Gasteiger partial charge in [-0.3, -0.25) is 4.79 Å². The van der Waals surface area contributed by atoms with E-state index in [1.54, 1.807) is 7.11 Å². The van der Waals surface area contributed by atoms with E-state index in [2.05, 4.69) is 4.98 Å². The Morgan fingerprint density at radius 2 is 2.28 bits per heavy atom. The zero-order chi connectivity index (χ0) is 13.3. The highest BCUT2D eigenvalue weighted by Crippen LogP contribution is 2.27. The summed E-state index contributed by atoms with van der Waals surface area (Å²) in [5.41, 5.74) is 8.42. The summed E-state index contributed by atoms with van der Waals surface area (Å²) in [7, 11) is 1.60. The highest BCUT2D eigenvalue weighted by Gasteiger charge is 2.17. The number of aryl methyl sites for hydroxylation is 1. The van der Waals surface area contributed by atoms with Gasteiger partial charge in [0.25, 0.3) is 0 Å². The number of H-pyrrole nitrogens is 1. The maximum Gasteiger partial charge on any atom is 0.320 e. The van der Waals surface area contributed by atoms with Crippen molar-refractivity contribution in [3.8, 4) is 5.75 Å². The molecule has 1 heterocycles. The van der Waals surface area contributed by atoms with E-state index in [0.717, 1.165) is 27.9 Å². The molecule has 0 aliphatic carbocycles. The average Bonchev–Trinajstić information content (AvgIpc) is 2.65. The maximum atomic E-state index is 10.8. The first-order chi connectivity index (χ1) is 8.52. The molecule has 0 aliphatic heterocycles. The van der Waals surface area contributed by atoms with E-state index in [9.17, 15) is 4.79 Å². The number of ether oxygens (including phenoxy) is 1. The van der Waals surface area contributed by atoms with Gasteiger partial charge in [-0.05, 0) is 30.7 Å². The summed E-state index contributed by atoms with van der Waals surface area (Å²) in [6.45, 7) is 1.91. The molecule has 0 radical (unpaired) electrons. The minimum Gasteiger partial charge on any atom is -0.497 e. The topological polar surface area (TPSA) is 88.3 Å². The predicted molar refractivity (Wildman–Crippen MR) is 68.9 cm³/mol. The van der Waals surface area contributed by atoms with Crippen LogP contribution in [-0.4, -0.2) is 29.2 Å². The Hall–Kier alpha value is -2.01. The number of aliphatic carboxylic acids is 1. The van der Waals surface area contributed by atoms with Gasteiger partial charge in [-0.25, -0.2) is 0 Å². The largest absolute Gasteiger partial charge is 0.497 e. The number of carboxylic acid groups (broad SMARTS) is 1. The predicted octanol–water partition coefficient (Wildman–Crippen LogP) is 1.44. The Kier molecular flexibility index (Phi) is 3.25. The van der Waals surface area contributed by atoms with Gasteiger partial charge in [0.05, 0.1) is 7.11 Å². The van der Waals surface area contributed by atoms with Crippen molar-refractivity contribution in [1.29, 1.82) is 0 Å². The molecule has 4 N–H and O–H groups in total. The van der Waals surface area contributed by atoms with Gasteiger partial charge in [-0.1, -0.05) is 0 Å². The van der Waals surface area contributed by atoms with Crippen LogP contribution in [0.3, 0.4) is 0 Å². The Morgan fingerprint density at radius 1 is 1.56 bits per heavy atom. The number of aromatic amines is 1. The quantitative estimate of drug-likeness (QED) is 0.763. The van der Waals surface area contributed by atoms with E-state index in [-0.39, 0.29) is 0 Å². The van der Waals surface area contributed by atoms with Crippen LogP contribution in [0, 0.1) is 6.92 Å². The fourth-order valence-corrected chi connectivity index (χ4v) is 2.06. The summed E-state index contributed by atoms with van der Waals surface area (Å²) in [6, 6.07) is 4.77. The van der Waals surface area contributed by atoms with Crippen molar-refractivity contribution >= 4 is 16.9 Å². The SMILES string of the molecule is COc1ccc2[nH]c(C)c(CC(N)C(=O)O)c2c1. The van der Waals surface area contributed by atoms with Gasteiger partial charge in [-0.15, -0.1) is 0 Å². The van der Waals surface area contributed by atoms with Crippen LogP contribution >= 0.6 is 0 Å². The van der Waals surface area contributed by atoms with Gasteiger partial charge < -0.3 is 20.6 Å². The van der Waals surface area contributed by atoms with Crippen LogP contribution in [0.15, 0.2) is 18.2 Å². The van der Waals surface area contributed by atoms with Crippen molar-refractivity contribution in [3.63, 3.8) is 0 Å². The van der Waals surface area contributed by atoms with Gasteiger partial charge in [-0.2, -0.15) is 0 Å². The molecule has 1 aromatic heterocycles. The van der Waals surface area contributed by atoms with Crippen molar-refractivity contribution < 1.29 is 14.6 Å². The lowest BCUT2D eigenvalue weighted by molar-refractivity contribution is -0.138. The average molecular weight is 248 g/mol. The maximum absolute atomic E-state index is 10.8. The first-order valence-electron chi connectivity index (χ1n) is 5.66. The molecule has 0 bridgehead atoms. The molecule has 1 unspecified atom stereocenters. The van der Waals surface area contributed by atoms with E-state index in [1.807, 2.05) is 25.1 Å². The second-order valence-electron chi connectivity index (χ2n) is 4.29. The monoisotopic (exact) mass is 248 g/mol. The van der Waals surface area contributed by atoms with E-state index >= 15 is 0 Å². The number of nitrogens with two attached hydrogens (primary N) is 1. The Morgan fingerprint density at radius 3 is 2.89 bits per heavy atom. The third kappa shape index (κ3) is 2.17. The molecule has 1 atom stereocenters. The molecule has 5 nitrogen and oxygen atoms in total. The van der Waals surface area contributed by atoms with Crippen molar-refractivity contribution in [1.82, 2.24) is 4.98 Å². The van der Waals surface area contributed by atoms with Crippen LogP contribution in [0.5, 0.6) is 5.75 Å². The number of carboxylic acids is 1. The molecular formula is C13H16N2O3. The molecule has 0 spiro atoms. The van der Waals surface area contributed by atoms with Crippen molar-refractivity contribution in [2.75, 3.05) is 7.11 Å². The lowest BCUT2D eigenvalue weighted by Gasteiger charge is -2.07. The molecule has 2 aromatic rings. The normalized spacial score (nSPS) is 12.6. The number of benzene rings is 1. The summed E-state index contributed by atoms with van der Waals surface area (Å²) in [5.74, 6) is -0.252. The highest BCUT2D eigenvalue weighted by atomic mass is 16.5. The van der Waals surface area contributed by atoms with Gasteiger partial charge in [0.1, 0.15) is 11.8 Å². The molecule has 2 rings (SSSR count). The zero-order valence-electron chi connectivity index (χ0n) is 10.4. The molecule has 1 aromatic carbocycles. The number of aromatic nitrogens is 1. The number of fused-ring (bicyclic) bond motifs is 1. The van der Waals surface area contributed by atoms with E-state index < -0.39 is 12.0 Å². The van der Waals surface area contributed by atoms with Crippen LogP contribution in [-0.2, 0) is 11.2 Å². The van der Waals surface area contributed by atoms with Gasteiger partial charge in [0.15, 0.2) is 0 Å². The number of hydrogen-bond donors (Lipinski definition) is 3. The van der Waals surface area contributed by atoms with Crippen LogP contribution in [0.1, 0.15) is 11.3 Å². The van der Waals surface area contributed by atoms with Crippen LogP contribution in [0.25, 0.3) is 10.9 Å². The molecule has 0 aliphatic rings. The molecule has 0 saturated heterocycles. The van der Waals surface area contributed by atoms with Crippen LogP contribution in [0.2, 0.25) is 0 Å². The van der Waals surface area contributed by atoms with E-state index in [4.69, 9.17) is 15.6 Å². The van der Waals surface area contributed by atoms with E-state index in [0.29, 0.717) is 6.42 Å². The third-order valence-corrected chi connectivity index (χ3v) is 3.07. The van der Waals surface area contributed by atoms with Crippen LogP contribution in [0.4, 0.5) is 0 Å². The van der Waals surface area contributed by atoms with Gasteiger partial charge >= 0.3 is 5.97 Å². The van der Waals surface area contributed by atoms with Crippen molar-refractivity contribution in [2.24, 2.45) is 5.73 Å². The minimum atomic E-state index is -0.994. The standard InChI is InChI=1S/C13H16N2O3/c1-7-9(6-11(14)13(16)17)10-5-8(18-2)3-4-12(10)15-7/h3-5,11,15H,6,14H2,1-2H3,(H,16,17). The first-order valence-corrected chi connectivity index (χ1v) is 5.66. The van der Waals surface area contributed by atoms with Gasteiger partial charge in [0.2, 0.25) is 0 Å². The van der Waals surface area contributed by atoms with E-state index in [1.165, 1.54) is 0 Å². The lowest BCUT2D eigenvalue weighted by Crippen LogP contribution is -2.32. The number of nitrogens with one attached hydrogen (secondary N) is 1.